The summed E-state index contributed by atoms with van der Waals surface area (Å²) in [4.78, 5) is 0. The SMILES string of the molecule is CC(C)COc1ccccc1[C@@H]1C[C@@H]1CN. The van der Waals surface area contributed by atoms with Gasteiger partial charge in [0.15, 0.2) is 0 Å². The average molecular weight is 219 g/mol. The van der Waals surface area contributed by atoms with Crippen molar-refractivity contribution in [1.29, 1.82) is 0 Å². The first-order valence-corrected chi connectivity index (χ1v) is 6.14. The van der Waals surface area contributed by atoms with Crippen LogP contribution in [0.15, 0.2) is 24.3 Å². The minimum absolute atomic E-state index is 0.567. The molecule has 1 aromatic rings. The van der Waals surface area contributed by atoms with Gasteiger partial charge in [-0.1, -0.05) is 32.0 Å². The highest BCUT2D eigenvalue weighted by molar-refractivity contribution is 5.39. The smallest absolute Gasteiger partial charge is 0.122 e. The van der Waals surface area contributed by atoms with Crippen molar-refractivity contribution < 1.29 is 4.74 Å². The lowest BCUT2D eigenvalue weighted by atomic mass is 10.1. The molecule has 2 rings (SSSR count). The lowest BCUT2D eigenvalue weighted by Crippen LogP contribution is -2.07. The maximum Gasteiger partial charge on any atom is 0.122 e. The van der Waals surface area contributed by atoms with Gasteiger partial charge in [0, 0.05) is 0 Å². The van der Waals surface area contributed by atoms with E-state index in [0.29, 0.717) is 17.8 Å². The molecule has 0 saturated heterocycles. The average Bonchev–Trinajstić information content (AvgIpc) is 3.06. The molecule has 2 nitrogen and oxygen atoms in total. The van der Waals surface area contributed by atoms with Crippen LogP contribution in [0.2, 0.25) is 0 Å². The van der Waals surface area contributed by atoms with E-state index in [0.717, 1.165) is 18.9 Å². The Morgan fingerprint density at radius 1 is 1.38 bits per heavy atom. The van der Waals surface area contributed by atoms with Crippen molar-refractivity contribution in [3.63, 3.8) is 0 Å². The Morgan fingerprint density at radius 2 is 2.12 bits per heavy atom. The predicted octanol–water partition coefficient (Wildman–Crippen LogP) is 2.78. The normalized spacial score (nSPS) is 23.5. The maximum atomic E-state index is 5.85. The topological polar surface area (TPSA) is 35.2 Å². The first-order chi connectivity index (χ1) is 7.72. The van der Waals surface area contributed by atoms with Crippen LogP contribution >= 0.6 is 0 Å². The zero-order chi connectivity index (χ0) is 11.5. The fourth-order valence-electron chi connectivity index (χ4n) is 2.06. The molecule has 0 heterocycles. The van der Waals surface area contributed by atoms with Gasteiger partial charge in [-0.15, -0.1) is 0 Å². The third-order valence-corrected chi connectivity index (χ3v) is 3.12. The molecule has 16 heavy (non-hydrogen) atoms. The molecule has 1 aromatic carbocycles. The molecule has 0 amide bonds. The second-order valence-corrected chi connectivity index (χ2v) is 5.08. The molecule has 2 atom stereocenters. The van der Waals surface area contributed by atoms with Crippen molar-refractivity contribution in [3.05, 3.63) is 29.8 Å². The largest absolute Gasteiger partial charge is 0.493 e. The summed E-state index contributed by atoms with van der Waals surface area (Å²) in [7, 11) is 0. The standard InChI is InChI=1S/C14H21NO/c1-10(2)9-16-14-6-4-3-5-12(14)13-7-11(13)8-15/h3-6,10-11,13H,7-9,15H2,1-2H3/t11-,13-/m1/s1. The van der Waals surface area contributed by atoms with Gasteiger partial charge in [0.1, 0.15) is 5.75 Å². The Labute approximate surface area is 97.8 Å². The van der Waals surface area contributed by atoms with E-state index in [4.69, 9.17) is 10.5 Å². The number of ether oxygens (including phenoxy) is 1. The van der Waals surface area contributed by atoms with Crippen molar-refractivity contribution >= 4 is 0 Å². The summed E-state index contributed by atoms with van der Waals surface area (Å²) in [5, 5.41) is 0. The van der Waals surface area contributed by atoms with E-state index in [2.05, 4.69) is 32.0 Å². The van der Waals surface area contributed by atoms with Crippen molar-refractivity contribution in [2.75, 3.05) is 13.2 Å². The molecule has 88 valence electrons. The monoisotopic (exact) mass is 219 g/mol. The molecule has 0 aromatic heterocycles. The first-order valence-electron chi connectivity index (χ1n) is 6.14. The Balaban J connectivity index is 2.06. The van der Waals surface area contributed by atoms with Gasteiger partial charge in [0.2, 0.25) is 0 Å². The van der Waals surface area contributed by atoms with Gasteiger partial charge in [0.05, 0.1) is 6.61 Å². The zero-order valence-electron chi connectivity index (χ0n) is 10.1. The quantitative estimate of drug-likeness (QED) is 0.826. The Bertz CT molecular complexity index is 348. The molecule has 0 unspecified atom stereocenters. The van der Waals surface area contributed by atoms with E-state index in [1.165, 1.54) is 12.0 Å². The van der Waals surface area contributed by atoms with Crippen molar-refractivity contribution in [2.45, 2.75) is 26.2 Å². The van der Waals surface area contributed by atoms with E-state index in [1.807, 2.05) is 6.07 Å². The van der Waals surface area contributed by atoms with Crippen LogP contribution in [0.25, 0.3) is 0 Å². The van der Waals surface area contributed by atoms with Crippen LogP contribution in [0.4, 0.5) is 0 Å². The number of para-hydroxylation sites is 1. The van der Waals surface area contributed by atoms with Crippen LogP contribution < -0.4 is 10.5 Å². The van der Waals surface area contributed by atoms with Gasteiger partial charge in [-0.25, -0.2) is 0 Å². The van der Waals surface area contributed by atoms with E-state index in [9.17, 15) is 0 Å². The van der Waals surface area contributed by atoms with Gasteiger partial charge in [-0.3, -0.25) is 0 Å². The molecule has 0 radical (unpaired) electrons. The highest BCUT2D eigenvalue weighted by Crippen LogP contribution is 2.49. The van der Waals surface area contributed by atoms with Gasteiger partial charge < -0.3 is 10.5 Å². The van der Waals surface area contributed by atoms with Crippen LogP contribution in [-0.4, -0.2) is 13.2 Å². The second-order valence-electron chi connectivity index (χ2n) is 5.08. The number of hydrogen-bond acceptors (Lipinski definition) is 2. The van der Waals surface area contributed by atoms with Crippen molar-refractivity contribution in [1.82, 2.24) is 0 Å². The van der Waals surface area contributed by atoms with Gasteiger partial charge in [-0.2, -0.15) is 0 Å². The third kappa shape index (κ3) is 2.56. The summed E-state index contributed by atoms with van der Waals surface area (Å²) in [6.07, 6.45) is 1.22. The van der Waals surface area contributed by atoms with E-state index >= 15 is 0 Å². The molecule has 0 spiro atoms. The van der Waals surface area contributed by atoms with Gasteiger partial charge in [0.25, 0.3) is 0 Å². The summed E-state index contributed by atoms with van der Waals surface area (Å²) in [6, 6.07) is 8.38. The number of nitrogens with two attached hydrogens (primary N) is 1. The molecule has 0 bridgehead atoms. The van der Waals surface area contributed by atoms with Crippen LogP contribution in [0.5, 0.6) is 5.75 Å². The van der Waals surface area contributed by atoms with Gasteiger partial charge in [-0.05, 0) is 42.3 Å². The van der Waals surface area contributed by atoms with Crippen molar-refractivity contribution in [3.8, 4) is 5.75 Å². The summed E-state index contributed by atoms with van der Waals surface area (Å²) in [6.45, 7) is 5.92. The van der Waals surface area contributed by atoms with Crippen LogP contribution in [-0.2, 0) is 0 Å². The summed E-state index contributed by atoms with van der Waals surface area (Å²) in [5.74, 6) is 2.92. The lowest BCUT2D eigenvalue weighted by molar-refractivity contribution is 0.268. The molecule has 2 heteroatoms. The Kier molecular flexibility index (Phi) is 3.49. The third-order valence-electron chi connectivity index (χ3n) is 3.12. The highest BCUT2D eigenvalue weighted by Gasteiger charge is 2.38. The number of rotatable bonds is 5. The summed E-state index contributed by atoms with van der Waals surface area (Å²) >= 11 is 0. The van der Waals surface area contributed by atoms with E-state index < -0.39 is 0 Å². The molecule has 2 N–H and O–H groups in total. The minimum Gasteiger partial charge on any atom is -0.493 e. The molecular weight excluding hydrogens is 198 g/mol. The first kappa shape index (κ1) is 11.5. The molecular formula is C14H21NO. The molecule has 1 saturated carbocycles. The fourth-order valence-corrected chi connectivity index (χ4v) is 2.06. The number of benzene rings is 1. The zero-order valence-corrected chi connectivity index (χ0v) is 10.1. The van der Waals surface area contributed by atoms with Crippen LogP contribution in [0, 0.1) is 11.8 Å². The second kappa shape index (κ2) is 4.88. The highest BCUT2D eigenvalue weighted by atomic mass is 16.5. The fraction of sp³-hybridized carbons (Fsp3) is 0.571. The van der Waals surface area contributed by atoms with Crippen molar-refractivity contribution in [2.24, 2.45) is 17.6 Å². The van der Waals surface area contributed by atoms with E-state index in [1.54, 1.807) is 0 Å². The molecule has 1 aliphatic carbocycles. The van der Waals surface area contributed by atoms with E-state index in [-0.39, 0.29) is 0 Å². The number of hydrogen-bond donors (Lipinski definition) is 1. The summed E-state index contributed by atoms with van der Waals surface area (Å²) < 4.78 is 5.85. The predicted molar refractivity (Wildman–Crippen MR) is 66.7 cm³/mol. The lowest BCUT2D eigenvalue weighted by Gasteiger charge is -2.12. The van der Waals surface area contributed by atoms with Gasteiger partial charge >= 0.3 is 0 Å². The Hall–Kier alpha value is -1.02. The minimum atomic E-state index is 0.567. The Morgan fingerprint density at radius 3 is 2.75 bits per heavy atom. The van der Waals surface area contributed by atoms with Crippen LogP contribution in [0.3, 0.4) is 0 Å². The maximum absolute atomic E-state index is 5.85. The molecule has 1 aliphatic rings. The molecule has 1 fully saturated rings. The van der Waals surface area contributed by atoms with Crippen LogP contribution in [0.1, 0.15) is 31.7 Å². The summed E-state index contributed by atoms with van der Waals surface area (Å²) in [5.41, 5.74) is 7.04. The molecule has 0 aliphatic heterocycles.